The molecule has 0 spiro atoms. The summed E-state index contributed by atoms with van der Waals surface area (Å²) in [4.78, 5) is 26.7. The van der Waals surface area contributed by atoms with Crippen LogP contribution in [0.3, 0.4) is 0 Å². The molecule has 1 heterocycles. The minimum atomic E-state index is -2.02. The van der Waals surface area contributed by atoms with Gasteiger partial charge in [-0.1, -0.05) is 42.5 Å². The molecular weight excluding hydrogens is 380 g/mol. The Labute approximate surface area is 166 Å². The second-order valence-corrected chi connectivity index (χ2v) is 7.57. The first-order valence-corrected chi connectivity index (χ1v) is 9.95. The van der Waals surface area contributed by atoms with E-state index in [9.17, 15) is 13.8 Å². The number of nitrogens with one attached hydrogen (secondary N) is 1. The highest BCUT2D eigenvalue weighted by Gasteiger charge is 2.41. The molecular formula is C20H22N2O5S. The smallest absolute Gasteiger partial charge is 0.317 e. The van der Waals surface area contributed by atoms with Crippen molar-refractivity contribution in [1.29, 1.82) is 0 Å². The van der Waals surface area contributed by atoms with Crippen molar-refractivity contribution in [3.8, 4) is 0 Å². The number of rotatable bonds is 5. The lowest BCUT2D eigenvalue weighted by Gasteiger charge is -2.17. The van der Waals surface area contributed by atoms with E-state index < -0.39 is 17.0 Å². The molecule has 28 heavy (non-hydrogen) atoms. The second kappa shape index (κ2) is 8.99. The SMILES string of the molecule is COC(=O)C1CN(C(=O)NCc2ccc(S(=O)O)cc2)CC1c1ccccc1. The number of likely N-dealkylation sites (tertiary alicyclic amines) is 1. The number of urea groups is 1. The van der Waals surface area contributed by atoms with Crippen LogP contribution in [0.15, 0.2) is 59.5 Å². The molecule has 0 aromatic heterocycles. The van der Waals surface area contributed by atoms with Gasteiger partial charge in [-0.25, -0.2) is 9.00 Å². The van der Waals surface area contributed by atoms with Gasteiger partial charge in [0.25, 0.3) is 0 Å². The van der Waals surface area contributed by atoms with Crippen LogP contribution in [0.2, 0.25) is 0 Å². The molecule has 1 aliphatic heterocycles. The highest BCUT2D eigenvalue weighted by Crippen LogP contribution is 2.33. The Balaban J connectivity index is 1.65. The van der Waals surface area contributed by atoms with Crippen LogP contribution in [0.5, 0.6) is 0 Å². The highest BCUT2D eigenvalue weighted by molar-refractivity contribution is 7.79. The Hall–Kier alpha value is -2.71. The predicted octanol–water partition coefficient (Wildman–Crippen LogP) is 2.37. The quantitative estimate of drug-likeness (QED) is 0.591. The van der Waals surface area contributed by atoms with Crippen molar-refractivity contribution in [2.45, 2.75) is 17.4 Å². The van der Waals surface area contributed by atoms with Crippen molar-refractivity contribution in [2.24, 2.45) is 5.92 Å². The largest absolute Gasteiger partial charge is 0.469 e. The lowest BCUT2D eigenvalue weighted by Crippen LogP contribution is -2.38. The molecule has 7 nitrogen and oxygen atoms in total. The number of hydrogen-bond donors (Lipinski definition) is 2. The van der Waals surface area contributed by atoms with E-state index in [4.69, 9.17) is 9.29 Å². The monoisotopic (exact) mass is 402 g/mol. The van der Waals surface area contributed by atoms with Gasteiger partial charge in [0.05, 0.1) is 17.9 Å². The van der Waals surface area contributed by atoms with E-state index in [-0.39, 0.29) is 24.5 Å². The third-order valence-corrected chi connectivity index (χ3v) is 5.58. The fourth-order valence-electron chi connectivity index (χ4n) is 3.41. The van der Waals surface area contributed by atoms with Gasteiger partial charge in [-0.3, -0.25) is 4.79 Å². The average molecular weight is 402 g/mol. The Morgan fingerprint density at radius 1 is 1.14 bits per heavy atom. The first-order chi connectivity index (χ1) is 13.5. The summed E-state index contributed by atoms with van der Waals surface area (Å²) in [6.07, 6.45) is 0. The zero-order valence-corrected chi connectivity index (χ0v) is 16.2. The van der Waals surface area contributed by atoms with E-state index in [0.717, 1.165) is 11.1 Å². The second-order valence-electron chi connectivity index (χ2n) is 6.60. The lowest BCUT2D eigenvalue weighted by molar-refractivity contribution is -0.145. The van der Waals surface area contributed by atoms with Gasteiger partial charge in [-0.15, -0.1) is 0 Å². The highest BCUT2D eigenvalue weighted by atomic mass is 32.2. The summed E-state index contributed by atoms with van der Waals surface area (Å²) >= 11 is -2.02. The van der Waals surface area contributed by atoms with Crippen molar-refractivity contribution >= 4 is 23.1 Å². The molecule has 2 aromatic rings. The Bertz CT molecular complexity index is 857. The summed E-state index contributed by atoms with van der Waals surface area (Å²) in [6, 6.07) is 15.9. The number of esters is 1. The van der Waals surface area contributed by atoms with Crippen molar-refractivity contribution in [2.75, 3.05) is 20.2 Å². The van der Waals surface area contributed by atoms with Gasteiger partial charge < -0.3 is 19.5 Å². The standard InChI is InChI=1S/C20H22N2O5S/c1-27-19(23)18-13-22(12-17(18)15-5-3-2-4-6-15)20(24)21-11-14-7-9-16(10-8-14)28(25)26/h2-10,17-18H,11-13H2,1H3,(H,21,24)(H,25,26). The average Bonchev–Trinajstić information content (AvgIpc) is 3.18. The fourth-order valence-corrected chi connectivity index (χ4v) is 3.78. The van der Waals surface area contributed by atoms with Gasteiger partial charge in [0, 0.05) is 25.6 Å². The van der Waals surface area contributed by atoms with Crippen molar-refractivity contribution in [3.63, 3.8) is 0 Å². The maximum atomic E-state index is 12.6. The molecule has 8 heteroatoms. The third-order valence-electron chi connectivity index (χ3n) is 4.91. The Morgan fingerprint density at radius 2 is 1.82 bits per heavy atom. The minimum absolute atomic E-state index is 0.113. The summed E-state index contributed by atoms with van der Waals surface area (Å²) in [6.45, 7) is 1.01. The van der Waals surface area contributed by atoms with Crippen LogP contribution in [0.4, 0.5) is 4.79 Å². The molecule has 0 aliphatic carbocycles. The number of ether oxygens (including phenoxy) is 1. The van der Waals surface area contributed by atoms with E-state index in [1.807, 2.05) is 30.3 Å². The molecule has 0 bridgehead atoms. The zero-order valence-electron chi connectivity index (χ0n) is 15.4. The number of benzene rings is 2. The molecule has 148 valence electrons. The normalized spacial score (nSPS) is 19.9. The molecule has 2 amide bonds. The van der Waals surface area contributed by atoms with Crippen LogP contribution in [-0.2, 0) is 27.2 Å². The minimum Gasteiger partial charge on any atom is -0.469 e. The van der Waals surface area contributed by atoms with Gasteiger partial charge in [0.15, 0.2) is 11.1 Å². The van der Waals surface area contributed by atoms with Crippen molar-refractivity contribution in [1.82, 2.24) is 10.2 Å². The first kappa shape index (κ1) is 20.0. The number of methoxy groups -OCH3 is 1. The van der Waals surface area contributed by atoms with Crippen molar-refractivity contribution < 1.29 is 23.1 Å². The van der Waals surface area contributed by atoms with Crippen LogP contribution in [0.25, 0.3) is 0 Å². The molecule has 1 fully saturated rings. The molecule has 2 N–H and O–H groups in total. The molecule has 1 saturated heterocycles. The Kier molecular flexibility index (Phi) is 6.43. The van der Waals surface area contributed by atoms with Crippen LogP contribution in [0.1, 0.15) is 17.0 Å². The third kappa shape index (κ3) is 4.58. The summed E-state index contributed by atoms with van der Waals surface area (Å²) in [5.41, 5.74) is 1.81. The van der Waals surface area contributed by atoms with E-state index in [0.29, 0.717) is 18.0 Å². The summed E-state index contributed by atoms with van der Waals surface area (Å²) in [7, 11) is 1.36. The molecule has 3 rings (SSSR count). The van der Waals surface area contributed by atoms with Crippen LogP contribution in [-0.4, -0.2) is 45.9 Å². The molecule has 3 unspecified atom stereocenters. The summed E-state index contributed by atoms with van der Waals surface area (Å²) < 4.78 is 25.0. The van der Waals surface area contributed by atoms with E-state index in [2.05, 4.69) is 5.32 Å². The zero-order chi connectivity index (χ0) is 20.1. The predicted molar refractivity (Wildman–Crippen MR) is 104 cm³/mol. The van der Waals surface area contributed by atoms with Gasteiger partial charge in [0.2, 0.25) is 0 Å². The maximum absolute atomic E-state index is 12.6. The fraction of sp³-hybridized carbons (Fsp3) is 0.300. The topological polar surface area (TPSA) is 95.9 Å². The lowest BCUT2D eigenvalue weighted by atomic mass is 9.89. The number of hydrogen-bond acceptors (Lipinski definition) is 4. The molecule has 0 saturated carbocycles. The first-order valence-electron chi connectivity index (χ1n) is 8.85. The maximum Gasteiger partial charge on any atom is 0.317 e. The van der Waals surface area contributed by atoms with Crippen LogP contribution < -0.4 is 5.32 Å². The van der Waals surface area contributed by atoms with Gasteiger partial charge in [-0.2, -0.15) is 0 Å². The summed E-state index contributed by atoms with van der Waals surface area (Å²) in [5.74, 6) is -0.841. The van der Waals surface area contributed by atoms with E-state index in [1.54, 1.807) is 29.2 Å². The van der Waals surface area contributed by atoms with E-state index in [1.165, 1.54) is 7.11 Å². The summed E-state index contributed by atoms with van der Waals surface area (Å²) in [5, 5.41) is 2.84. The van der Waals surface area contributed by atoms with Crippen LogP contribution >= 0.6 is 0 Å². The van der Waals surface area contributed by atoms with Gasteiger partial charge >= 0.3 is 12.0 Å². The van der Waals surface area contributed by atoms with E-state index >= 15 is 0 Å². The number of carbonyl (C=O) groups excluding carboxylic acids is 2. The number of amides is 2. The number of nitrogens with zero attached hydrogens (tertiary/aromatic N) is 1. The van der Waals surface area contributed by atoms with Gasteiger partial charge in [0.1, 0.15) is 0 Å². The molecule has 3 atom stereocenters. The Morgan fingerprint density at radius 3 is 2.43 bits per heavy atom. The molecule has 1 aliphatic rings. The van der Waals surface area contributed by atoms with Crippen LogP contribution in [0, 0.1) is 5.92 Å². The van der Waals surface area contributed by atoms with Gasteiger partial charge in [-0.05, 0) is 23.3 Å². The number of carbonyl (C=O) groups is 2. The molecule has 2 aromatic carbocycles. The molecule has 0 radical (unpaired) electrons. The van der Waals surface area contributed by atoms with Crippen molar-refractivity contribution in [3.05, 3.63) is 65.7 Å².